The Morgan fingerprint density at radius 2 is 1.97 bits per heavy atom. The van der Waals surface area contributed by atoms with Gasteiger partial charge in [-0.2, -0.15) is 0 Å². The van der Waals surface area contributed by atoms with E-state index in [0.717, 1.165) is 30.7 Å². The van der Waals surface area contributed by atoms with Crippen molar-refractivity contribution in [1.82, 2.24) is 25.1 Å². The summed E-state index contributed by atoms with van der Waals surface area (Å²) in [6.45, 7) is 1.25. The number of rotatable bonds is 4. The van der Waals surface area contributed by atoms with Crippen LogP contribution in [-0.2, 0) is 18.5 Å². The van der Waals surface area contributed by atoms with Gasteiger partial charge in [-0.05, 0) is 37.0 Å². The molecule has 166 valence electrons. The molecule has 2 aliphatic rings. The minimum Gasteiger partial charge on any atom is -0.388 e. The quantitative estimate of drug-likeness (QED) is 0.650. The molecule has 8 nitrogen and oxygen atoms in total. The number of carbonyl (C=O) groups is 1. The fraction of sp³-hybridized carbons (Fsp3) is 0.391. The molecule has 9 heteroatoms. The number of aryl methyl sites for hydroxylation is 1. The molecule has 0 spiro atoms. The zero-order chi connectivity index (χ0) is 22.1. The molecule has 0 saturated carbocycles. The summed E-state index contributed by atoms with van der Waals surface area (Å²) < 4.78 is 16.2. The predicted octanol–water partition coefficient (Wildman–Crippen LogP) is 2.04. The smallest absolute Gasteiger partial charge is 0.290 e. The number of amides is 1. The van der Waals surface area contributed by atoms with Gasteiger partial charge in [0.1, 0.15) is 5.82 Å². The molecule has 0 aliphatic carbocycles. The normalized spacial score (nSPS) is 22.9. The number of piperidine rings is 1. The van der Waals surface area contributed by atoms with Gasteiger partial charge in [-0.3, -0.25) is 4.79 Å². The highest BCUT2D eigenvalue weighted by Gasteiger charge is 2.46. The SMILES string of the molecule is O=C(N[C@]1(c2ccccc2)CCN(c2ncccc2F)C[C@H]1O)c1nnc2n1CCCC2. The number of aliphatic hydroxyl groups excluding tert-OH is 1. The highest BCUT2D eigenvalue weighted by atomic mass is 19.1. The second-order valence-electron chi connectivity index (χ2n) is 8.36. The Kier molecular flexibility index (Phi) is 5.34. The van der Waals surface area contributed by atoms with E-state index in [1.165, 1.54) is 18.3 Å². The summed E-state index contributed by atoms with van der Waals surface area (Å²) in [4.78, 5) is 19.2. The molecule has 0 unspecified atom stereocenters. The van der Waals surface area contributed by atoms with Crippen LogP contribution in [0.25, 0.3) is 0 Å². The number of halogens is 1. The van der Waals surface area contributed by atoms with Crippen LogP contribution in [-0.4, -0.2) is 50.0 Å². The summed E-state index contributed by atoms with van der Waals surface area (Å²) in [7, 11) is 0. The Morgan fingerprint density at radius 3 is 2.75 bits per heavy atom. The van der Waals surface area contributed by atoms with E-state index < -0.39 is 17.5 Å². The third kappa shape index (κ3) is 3.52. The van der Waals surface area contributed by atoms with Crippen molar-refractivity contribution in [2.45, 2.75) is 43.9 Å². The third-order valence-corrected chi connectivity index (χ3v) is 6.46. The molecule has 2 N–H and O–H groups in total. The van der Waals surface area contributed by atoms with Crippen molar-refractivity contribution in [3.63, 3.8) is 0 Å². The van der Waals surface area contributed by atoms with Crippen LogP contribution >= 0.6 is 0 Å². The molecule has 1 saturated heterocycles. The molecular formula is C23H25FN6O2. The number of pyridine rings is 1. The van der Waals surface area contributed by atoms with Crippen molar-refractivity contribution in [3.05, 3.63) is 71.7 Å². The van der Waals surface area contributed by atoms with E-state index in [2.05, 4.69) is 20.5 Å². The average Bonchev–Trinajstić information content (AvgIpc) is 3.26. The van der Waals surface area contributed by atoms with Crippen molar-refractivity contribution < 1.29 is 14.3 Å². The number of β-amino-alcohol motifs (C(OH)–C–C–N with tert-alkyl or cyclic N) is 1. The Balaban J connectivity index is 1.46. The van der Waals surface area contributed by atoms with Crippen LogP contribution in [0.15, 0.2) is 48.7 Å². The number of carbonyl (C=O) groups excluding carboxylic acids is 1. The summed E-state index contributed by atoms with van der Waals surface area (Å²) >= 11 is 0. The summed E-state index contributed by atoms with van der Waals surface area (Å²) in [5.41, 5.74) is -0.249. The van der Waals surface area contributed by atoms with Gasteiger partial charge in [-0.25, -0.2) is 9.37 Å². The number of aliphatic hydroxyl groups is 1. The van der Waals surface area contributed by atoms with E-state index in [1.54, 1.807) is 4.90 Å². The monoisotopic (exact) mass is 436 g/mol. The van der Waals surface area contributed by atoms with Crippen LogP contribution in [0.1, 0.15) is 41.3 Å². The van der Waals surface area contributed by atoms with E-state index in [0.29, 0.717) is 19.5 Å². The summed E-state index contributed by atoms with van der Waals surface area (Å²) in [5.74, 6) is 0.472. The Morgan fingerprint density at radius 1 is 1.12 bits per heavy atom. The van der Waals surface area contributed by atoms with Gasteiger partial charge in [0.2, 0.25) is 5.82 Å². The molecule has 0 radical (unpaired) electrons. The van der Waals surface area contributed by atoms with E-state index in [-0.39, 0.29) is 24.1 Å². The van der Waals surface area contributed by atoms with E-state index in [9.17, 15) is 14.3 Å². The maximum atomic E-state index is 14.3. The molecule has 2 aliphatic heterocycles. The van der Waals surface area contributed by atoms with Crippen molar-refractivity contribution >= 4 is 11.7 Å². The molecule has 2 atom stereocenters. The largest absolute Gasteiger partial charge is 0.388 e. The highest BCUT2D eigenvalue weighted by molar-refractivity contribution is 5.91. The first-order valence-corrected chi connectivity index (χ1v) is 10.9. The molecule has 1 amide bonds. The summed E-state index contributed by atoms with van der Waals surface area (Å²) in [5, 5.41) is 22.7. The fourth-order valence-corrected chi connectivity index (χ4v) is 4.76. The Labute approximate surface area is 185 Å². The maximum Gasteiger partial charge on any atom is 0.290 e. The zero-order valence-corrected chi connectivity index (χ0v) is 17.6. The second-order valence-corrected chi connectivity index (χ2v) is 8.36. The van der Waals surface area contributed by atoms with Crippen LogP contribution in [0.4, 0.5) is 10.2 Å². The standard InChI is InChI=1S/C23H25FN6O2/c24-17-9-6-12-25-20(17)29-14-11-23(18(31)15-29,16-7-2-1-3-8-16)26-22(32)21-28-27-19-10-4-5-13-30(19)21/h1-3,6-9,12,18,31H,4-5,10-11,13-15H2,(H,26,32)/t18-,23+/m1/s1. The molecule has 32 heavy (non-hydrogen) atoms. The first-order valence-electron chi connectivity index (χ1n) is 10.9. The molecule has 2 aromatic heterocycles. The molecule has 1 aromatic carbocycles. The molecule has 1 fully saturated rings. The number of aromatic nitrogens is 4. The number of fused-ring (bicyclic) bond motifs is 1. The first kappa shape index (κ1) is 20.6. The second kappa shape index (κ2) is 8.31. The van der Waals surface area contributed by atoms with Gasteiger partial charge < -0.3 is 19.9 Å². The molecule has 3 aromatic rings. The molecular weight excluding hydrogens is 411 g/mol. The Hall–Kier alpha value is -3.33. The van der Waals surface area contributed by atoms with Crippen LogP contribution in [0, 0.1) is 5.82 Å². The minimum absolute atomic E-state index is 0.126. The number of nitrogens with one attached hydrogen (secondary N) is 1. The van der Waals surface area contributed by atoms with E-state index in [1.807, 2.05) is 34.9 Å². The van der Waals surface area contributed by atoms with Crippen LogP contribution in [0.5, 0.6) is 0 Å². The first-order chi connectivity index (χ1) is 15.6. The zero-order valence-electron chi connectivity index (χ0n) is 17.6. The van der Waals surface area contributed by atoms with Crippen LogP contribution in [0.3, 0.4) is 0 Å². The number of anilines is 1. The molecule has 0 bridgehead atoms. The predicted molar refractivity (Wildman–Crippen MR) is 116 cm³/mol. The lowest BCUT2D eigenvalue weighted by Gasteiger charge is -2.46. The third-order valence-electron chi connectivity index (χ3n) is 6.46. The number of hydrogen-bond donors (Lipinski definition) is 2. The van der Waals surface area contributed by atoms with Gasteiger partial charge in [0.05, 0.1) is 11.6 Å². The van der Waals surface area contributed by atoms with Gasteiger partial charge in [0.15, 0.2) is 11.6 Å². The van der Waals surface area contributed by atoms with E-state index in [4.69, 9.17) is 0 Å². The molecule has 5 rings (SSSR count). The maximum absolute atomic E-state index is 14.3. The summed E-state index contributed by atoms with van der Waals surface area (Å²) in [6, 6.07) is 12.3. The number of benzene rings is 1. The van der Waals surface area contributed by atoms with Gasteiger partial charge in [0, 0.05) is 32.3 Å². The van der Waals surface area contributed by atoms with Gasteiger partial charge in [-0.1, -0.05) is 30.3 Å². The van der Waals surface area contributed by atoms with Gasteiger partial charge in [0.25, 0.3) is 5.91 Å². The van der Waals surface area contributed by atoms with Crippen molar-refractivity contribution in [1.29, 1.82) is 0 Å². The molecule has 4 heterocycles. The van der Waals surface area contributed by atoms with Crippen molar-refractivity contribution in [3.8, 4) is 0 Å². The minimum atomic E-state index is -1.04. The van der Waals surface area contributed by atoms with Crippen LogP contribution in [0.2, 0.25) is 0 Å². The number of hydrogen-bond acceptors (Lipinski definition) is 6. The topological polar surface area (TPSA) is 96.2 Å². The lowest BCUT2D eigenvalue weighted by atomic mass is 9.78. The van der Waals surface area contributed by atoms with Crippen LogP contribution < -0.4 is 10.2 Å². The van der Waals surface area contributed by atoms with E-state index >= 15 is 0 Å². The Bertz CT molecular complexity index is 1120. The highest BCUT2D eigenvalue weighted by Crippen LogP contribution is 2.35. The van der Waals surface area contributed by atoms with Crippen molar-refractivity contribution in [2.24, 2.45) is 0 Å². The van der Waals surface area contributed by atoms with Gasteiger partial charge in [-0.15, -0.1) is 10.2 Å². The average molecular weight is 436 g/mol. The van der Waals surface area contributed by atoms with Gasteiger partial charge >= 0.3 is 0 Å². The lowest BCUT2D eigenvalue weighted by Crippen LogP contribution is -2.62. The number of nitrogens with zero attached hydrogens (tertiary/aromatic N) is 5. The summed E-state index contributed by atoms with van der Waals surface area (Å²) in [6.07, 6.45) is 3.72. The lowest BCUT2D eigenvalue weighted by molar-refractivity contribution is 0.0356. The van der Waals surface area contributed by atoms with Crippen molar-refractivity contribution in [2.75, 3.05) is 18.0 Å². The fourth-order valence-electron chi connectivity index (χ4n) is 4.76.